The summed E-state index contributed by atoms with van der Waals surface area (Å²) in [6, 6.07) is -0.260. The van der Waals surface area contributed by atoms with E-state index < -0.39 is 0 Å². The van der Waals surface area contributed by atoms with Gasteiger partial charge in [-0.1, -0.05) is 20.8 Å². The van der Waals surface area contributed by atoms with Crippen molar-refractivity contribution >= 4 is 11.7 Å². The van der Waals surface area contributed by atoms with Crippen molar-refractivity contribution in [2.45, 2.75) is 52.6 Å². The van der Waals surface area contributed by atoms with Gasteiger partial charge in [0.25, 0.3) is 5.91 Å². The van der Waals surface area contributed by atoms with Crippen molar-refractivity contribution in [3.63, 3.8) is 0 Å². The SMILES string of the molecule is C/C(O)=C1\C(=O)C2CCC(C(C)(C)C)N2C1=O. The fraction of sp³-hybridized carbons (Fsp3) is 0.692. The minimum absolute atomic E-state index is 0.0102. The zero-order valence-electron chi connectivity index (χ0n) is 10.8. The summed E-state index contributed by atoms with van der Waals surface area (Å²) in [6.45, 7) is 7.63. The van der Waals surface area contributed by atoms with Crippen LogP contribution in [0.4, 0.5) is 0 Å². The van der Waals surface area contributed by atoms with E-state index in [2.05, 4.69) is 20.8 Å². The zero-order valence-corrected chi connectivity index (χ0v) is 10.8. The van der Waals surface area contributed by atoms with Crippen molar-refractivity contribution in [1.82, 2.24) is 4.90 Å². The largest absolute Gasteiger partial charge is 0.512 e. The van der Waals surface area contributed by atoms with Crippen LogP contribution in [0.25, 0.3) is 0 Å². The molecule has 0 aliphatic carbocycles. The van der Waals surface area contributed by atoms with Crippen LogP contribution in [0.1, 0.15) is 40.5 Å². The molecule has 2 saturated heterocycles. The number of carbonyl (C=O) groups excluding carboxylic acids is 2. The second-order valence-electron chi connectivity index (χ2n) is 6.01. The van der Waals surface area contributed by atoms with Gasteiger partial charge in [-0.3, -0.25) is 9.59 Å². The van der Waals surface area contributed by atoms with E-state index in [9.17, 15) is 14.7 Å². The van der Waals surface area contributed by atoms with E-state index in [0.29, 0.717) is 6.42 Å². The maximum atomic E-state index is 12.2. The summed E-state index contributed by atoms with van der Waals surface area (Å²) in [5.74, 6) is -0.652. The molecule has 0 saturated carbocycles. The molecule has 2 rings (SSSR count). The molecule has 2 fully saturated rings. The summed E-state index contributed by atoms with van der Waals surface area (Å²) >= 11 is 0. The summed E-state index contributed by atoms with van der Waals surface area (Å²) in [4.78, 5) is 25.9. The number of carbonyl (C=O) groups is 2. The molecular weight excluding hydrogens is 218 g/mol. The van der Waals surface area contributed by atoms with Gasteiger partial charge < -0.3 is 10.0 Å². The van der Waals surface area contributed by atoms with E-state index in [1.165, 1.54) is 6.92 Å². The van der Waals surface area contributed by atoms with Crippen molar-refractivity contribution in [2.24, 2.45) is 5.41 Å². The second kappa shape index (κ2) is 3.59. The van der Waals surface area contributed by atoms with Gasteiger partial charge >= 0.3 is 0 Å². The number of amides is 1. The summed E-state index contributed by atoms with van der Waals surface area (Å²) in [6.07, 6.45) is 1.58. The number of hydrogen-bond donors (Lipinski definition) is 1. The fourth-order valence-electron chi connectivity index (χ4n) is 2.94. The van der Waals surface area contributed by atoms with Crippen LogP contribution in [0, 0.1) is 5.41 Å². The minimum atomic E-state index is -0.344. The molecule has 0 aromatic heterocycles. The average molecular weight is 237 g/mol. The van der Waals surface area contributed by atoms with Crippen LogP contribution in [-0.4, -0.2) is 33.8 Å². The van der Waals surface area contributed by atoms with E-state index in [4.69, 9.17) is 0 Å². The number of nitrogens with zero attached hydrogens (tertiary/aromatic N) is 1. The number of hydrogen-bond acceptors (Lipinski definition) is 3. The second-order valence-corrected chi connectivity index (χ2v) is 6.01. The first-order valence-electron chi connectivity index (χ1n) is 6.02. The maximum Gasteiger partial charge on any atom is 0.261 e. The first-order chi connectivity index (χ1) is 7.75. The lowest BCUT2D eigenvalue weighted by Gasteiger charge is -2.34. The molecule has 2 heterocycles. The molecule has 1 N–H and O–H groups in total. The van der Waals surface area contributed by atoms with Gasteiger partial charge in [0.1, 0.15) is 11.3 Å². The number of Topliss-reactive ketones (excluding diaryl/α,β-unsaturated/α-hetero) is 1. The molecule has 4 heteroatoms. The molecule has 0 radical (unpaired) electrons. The van der Waals surface area contributed by atoms with E-state index >= 15 is 0 Å². The monoisotopic (exact) mass is 237 g/mol. The summed E-state index contributed by atoms with van der Waals surface area (Å²) in [7, 11) is 0. The first kappa shape index (κ1) is 12.1. The van der Waals surface area contributed by atoms with Crippen molar-refractivity contribution in [2.75, 3.05) is 0 Å². The Morgan fingerprint density at radius 3 is 2.35 bits per heavy atom. The lowest BCUT2D eigenvalue weighted by atomic mass is 9.85. The van der Waals surface area contributed by atoms with Gasteiger partial charge in [0.2, 0.25) is 0 Å². The van der Waals surface area contributed by atoms with Crippen molar-refractivity contribution < 1.29 is 14.7 Å². The van der Waals surface area contributed by atoms with Crippen LogP contribution in [0.3, 0.4) is 0 Å². The van der Waals surface area contributed by atoms with Gasteiger partial charge in [0.05, 0.1) is 6.04 Å². The molecule has 2 unspecified atom stereocenters. The molecule has 0 bridgehead atoms. The molecule has 94 valence electrons. The summed E-state index contributed by atoms with van der Waals surface area (Å²) < 4.78 is 0. The van der Waals surface area contributed by atoms with Crippen LogP contribution in [-0.2, 0) is 9.59 Å². The molecule has 2 atom stereocenters. The zero-order chi connectivity index (χ0) is 13.0. The quantitative estimate of drug-likeness (QED) is 0.397. The molecular formula is C13H19NO3. The van der Waals surface area contributed by atoms with Gasteiger partial charge in [-0.2, -0.15) is 0 Å². The highest BCUT2D eigenvalue weighted by Crippen LogP contribution is 2.41. The Hall–Kier alpha value is -1.32. The highest BCUT2D eigenvalue weighted by Gasteiger charge is 2.53. The molecule has 4 nitrogen and oxygen atoms in total. The lowest BCUT2D eigenvalue weighted by Crippen LogP contribution is -2.43. The van der Waals surface area contributed by atoms with Crippen molar-refractivity contribution in [3.8, 4) is 0 Å². The van der Waals surface area contributed by atoms with Crippen LogP contribution in [0.2, 0.25) is 0 Å². The molecule has 1 amide bonds. The van der Waals surface area contributed by atoms with Crippen molar-refractivity contribution in [1.29, 1.82) is 0 Å². The van der Waals surface area contributed by atoms with E-state index in [1.54, 1.807) is 4.90 Å². The average Bonchev–Trinajstić information content (AvgIpc) is 2.67. The fourth-order valence-corrected chi connectivity index (χ4v) is 2.94. The Morgan fingerprint density at radius 1 is 1.29 bits per heavy atom. The Labute approximate surface area is 101 Å². The first-order valence-corrected chi connectivity index (χ1v) is 6.02. The minimum Gasteiger partial charge on any atom is -0.512 e. The molecule has 2 aliphatic rings. The topological polar surface area (TPSA) is 57.6 Å². The van der Waals surface area contributed by atoms with Crippen LogP contribution < -0.4 is 0 Å². The van der Waals surface area contributed by atoms with Gasteiger partial charge in [-0.25, -0.2) is 0 Å². The van der Waals surface area contributed by atoms with Gasteiger partial charge in [-0.05, 0) is 25.2 Å². The summed E-state index contributed by atoms with van der Waals surface area (Å²) in [5, 5.41) is 9.45. The normalized spacial score (nSPS) is 32.1. The Kier molecular flexibility index (Phi) is 2.56. The van der Waals surface area contributed by atoms with Crippen LogP contribution in [0.5, 0.6) is 0 Å². The third-order valence-corrected chi connectivity index (χ3v) is 3.74. The summed E-state index contributed by atoms with van der Waals surface area (Å²) in [5.41, 5.74) is -0.0484. The lowest BCUT2D eigenvalue weighted by molar-refractivity contribution is -0.129. The number of fused-ring (bicyclic) bond motifs is 1. The maximum absolute atomic E-state index is 12.2. The van der Waals surface area contributed by atoms with Gasteiger partial charge in [0.15, 0.2) is 5.78 Å². The number of allylic oxidation sites excluding steroid dienone is 1. The Morgan fingerprint density at radius 2 is 1.88 bits per heavy atom. The van der Waals surface area contributed by atoms with Crippen LogP contribution >= 0.6 is 0 Å². The smallest absolute Gasteiger partial charge is 0.261 e. The molecule has 0 spiro atoms. The highest BCUT2D eigenvalue weighted by atomic mass is 16.3. The standard InChI is InChI=1S/C13H19NO3/c1-7(15)10-11(16)8-5-6-9(13(2,3)4)14(8)12(10)17/h8-9,15H,5-6H2,1-4H3/b10-7-. The van der Waals surface area contributed by atoms with Gasteiger partial charge in [0, 0.05) is 6.04 Å². The molecule has 0 aromatic rings. The predicted octanol–water partition coefficient (Wildman–Crippen LogP) is 1.81. The van der Waals surface area contributed by atoms with Crippen molar-refractivity contribution in [3.05, 3.63) is 11.3 Å². The van der Waals surface area contributed by atoms with E-state index in [0.717, 1.165) is 6.42 Å². The third-order valence-electron chi connectivity index (χ3n) is 3.74. The molecule has 17 heavy (non-hydrogen) atoms. The number of aliphatic hydroxyl groups is 1. The Bertz CT molecular complexity index is 413. The molecule has 0 aromatic carbocycles. The predicted molar refractivity (Wildman–Crippen MR) is 63.4 cm³/mol. The molecule has 2 aliphatic heterocycles. The number of aliphatic hydroxyl groups excluding tert-OH is 1. The third kappa shape index (κ3) is 1.66. The number of rotatable bonds is 0. The van der Waals surface area contributed by atoms with E-state index in [-0.39, 0.29) is 40.5 Å². The number of ketones is 1. The van der Waals surface area contributed by atoms with Crippen LogP contribution in [0.15, 0.2) is 11.3 Å². The Balaban J connectivity index is 2.41. The highest BCUT2D eigenvalue weighted by molar-refractivity contribution is 6.27. The van der Waals surface area contributed by atoms with E-state index in [1.807, 2.05) is 0 Å². The van der Waals surface area contributed by atoms with Gasteiger partial charge in [-0.15, -0.1) is 0 Å².